The Labute approximate surface area is 186 Å². The van der Waals surface area contributed by atoms with E-state index in [1.807, 2.05) is 0 Å². The van der Waals surface area contributed by atoms with Crippen molar-refractivity contribution in [1.29, 1.82) is 0 Å². The van der Waals surface area contributed by atoms with Gasteiger partial charge in [-0.1, -0.05) is 38.7 Å². The Morgan fingerprint density at radius 1 is 0.875 bits per heavy atom. The maximum atomic E-state index is 14.9. The maximum absolute atomic E-state index is 14.9. The average molecular weight is 465 g/mol. The third-order valence-corrected chi connectivity index (χ3v) is 7.45. The second kappa shape index (κ2) is 10.7. The van der Waals surface area contributed by atoms with Gasteiger partial charge in [-0.2, -0.15) is 13.2 Å². The van der Waals surface area contributed by atoms with Gasteiger partial charge >= 0.3 is 6.18 Å². The van der Waals surface area contributed by atoms with E-state index >= 15 is 0 Å². The van der Waals surface area contributed by atoms with E-state index in [1.165, 1.54) is 44.6 Å². The number of alkyl halides is 5. The molecule has 0 spiro atoms. The minimum absolute atomic E-state index is 0.0724. The molecule has 1 nitrogen and oxygen atoms in total. The Morgan fingerprint density at radius 3 is 2.00 bits per heavy atom. The van der Waals surface area contributed by atoms with Crippen LogP contribution in [0.5, 0.6) is 5.75 Å². The van der Waals surface area contributed by atoms with Gasteiger partial charge in [0.2, 0.25) is 0 Å². The Bertz CT molecular complexity index is 716. The molecule has 0 N–H and O–H groups in total. The van der Waals surface area contributed by atoms with E-state index in [0.29, 0.717) is 24.7 Å². The number of rotatable bonds is 8. The summed E-state index contributed by atoms with van der Waals surface area (Å²) < 4.78 is 85.0. The maximum Gasteiger partial charge on any atom is 0.422 e. The van der Waals surface area contributed by atoms with Crippen molar-refractivity contribution in [2.75, 3.05) is 6.61 Å². The zero-order valence-electron chi connectivity index (χ0n) is 18.7. The highest BCUT2D eigenvalue weighted by Gasteiger charge is 2.42. The van der Waals surface area contributed by atoms with Gasteiger partial charge in [0.25, 0.3) is 5.92 Å². The second-order valence-corrected chi connectivity index (χ2v) is 9.79. The zero-order chi connectivity index (χ0) is 23.4. The molecule has 3 rings (SSSR count). The van der Waals surface area contributed by atoms with Crippen molar-refractivity contribution in [2.45, 2.75) is 89.7 Å². The Kier molecular flexibility index (Phi) is 8.42. The number of benzene rings is 1. The quantitative estimate of drug-likeness (QED) is 0.351. The van der Waals surface area contributed by atoms with Crippen LogP contribution in [0.4, 0.5) is 26.3 Å². The molecule has 182 valence electrons. The van der Waals surface area contributed by atoms with Gasteiger partial charge < -0.3 is 4.74 Å². The average Bonchev–Trinajstić information content (AvgIpc) is 2.73. The van der Waals surface area contributed by atoms with Gasteiger partial charge in [0.15, 0.2) is 18.2 Å². The van der Waals surface area contributed by atoms with Crippen LogP contribution in [0.25, 0.3) is 0 Å². The van der Waals surface area contributed by atoms with E-state index in [1.54, 1.807) is 0 Å². The third kappa shape index (κ3) is 7.05. The normalized spacial score (nSPS) is 27.3. The standard InChI is InChI=1S/C25H34F6O/c1-2-3-17-4-7-19(8-5-17)20-9-11-21(12-10-20)24(27,28)15-18-6-13-23(22(26)14-18)32-16-25(29,30)31/h6,13-14,17,19-21H,2-5,7-12,15-16H2,1H3. The molecule has 1 aromatic rings. The fraction of sp³-hybridized carbons (Fsp3) is 0.760. The van der Waals surface area contributed by atoms with Crippen molar-refractivity contribution >= 4 is 0 Å². The lowest BCUT2D eigenvalue weighted by molar-refractivity contribution is -0.153. The van der Waals surface area contributed by atoms with Gasteiger partial charge in [0.05, 0.1) is 0 Å². The van der Waals surface area contributed by atoms with Crippen molar-refractivity contribution in [2.24, 2.45) is 23.7 Å². The molecule has 0 atom stereocenters. The van der Waals surface area contributed by atoms with Gasteiger partial charge in [-0.05, 0) is 74.0 Å². The van der Waals surface area contributed by atoms with Crippen LogP contribution in [0.15, 0.2) is 18.2 Å². The van der Waals surface area contributed by atoms with Crippen LogP contribution >= 0.6 is 0 Å². The smallest absolute Gasteiger partial charge is 0.422 e. The van der Waals surface area contributed by atoms with E-state index in [4.69, 9.17) is 0 Å². The molecule has 0 heterocycles. The number of halogens is 6. The largest absolute Gasteiger partial charge is 0.481 e. The molecule has 32 heavy (non-hydrogen) atoms. The van der Waals surface area contributed by atoms with Crippen molar-refractivity contribution in [3.05, 3.63) is 29.6 Å². The molecule has 2 fully saturated rings. The highest BCUT2D eigenvalue weighted by atomic mass is 19.4. The summed E-state index contributed by atoms with van der Waals surface area (Å²) in [5, 5.41) is 0. The van der Waals surface area contributed by atoms with Crippen LogP contribution in [-0.2, 0) is 6.42 Å². The van der Waals surface area contributed by atoms with E-state index in [2.05, 4.69) is 11.7 Å². The molecule has 1 aromatic carbocycles. The van der Waals surface area contributed by atoms with Crippen LogP contribution in [-0.4, -0.2) is 18.7 Å². The van der Waals surface area contributed by atoms with Gasteiger partial charge in [0.1, 0.15) is 0 Å². The molecule has 2 aliphatic rings. The van der Waals surface area contributed by atoms with Gasteiger partial charge in [-0.3, -0.25) is 0 Å². The first-order chi connectivity index (χ1) is 15.1. The fourth-order valence-electron chi connectivity index (χ4n) is 5.72. The summed E-state index contributed by atoms with van der Waals surface area (Å²) in [6.45, 7) is 0.598. The molecule has 2 saturated carbocycles. The first-order valence-corrected chi connectivity index (χ1v) is 11.9. The minimum Gasteiger partial charge on any atom is -0.481 e. The molecule has 0 amide bonds. The van der Waals surface area contributed by atoms with E-state index in [-0.39, 0.29) is 5.56 Å². The van der Waals surface area contributed by atoms with Crippen LogP contribution in [0.1, 0.15) is 76.7 Å². The molecule has 7 heteroatoms. The molecule has 0 aliphatic heterocycles. The lowest BCUT2D eigenvalue weighted by atomic mass is 9.67. The van der Waals surface area contributed by atoms with E-state index < -0.39 is 42.6 Å². The number of hydrogen-bond acceptors (Lipinski definition) is 1. The van der Waals surface area contributed by atoms with Gasteiger partial charge in [-0.15, -0.1) is 0 Å². The van der Waals surface area contributed by atoms with Crippen molar-refractivity contribution in [3.63, 3.8) is 0 Å². The monoisotopic (exact) mass is 464 g/mol. The highest BCUT2D eigenvalue weighted by molar-refractivity contribution is 5.30. The predicted molar refractivity (Wildman–Crippen MR) is 112 cm³/mol. The number of ether oxygens (including phenoxy) is 1. The van der Waals surface area contributed by atoms with Crippen molar-refractivity contribution in [1.82, 2.24) is 0 Å². The summed E-state index contributed by atoms with van der Waals surface area (Å²) in [7, 11) is 0. The summed E-state index contributed by atoms with van der Waals surface area (Å²) in [5.74, 6) is -3.30. The van der Waals surface area contributed by atoms with Crippen LogP contribution in [0.3, 0.4) is 0 Å². The molecular formula is C25H34F6O. The first-order valence-electron chi connectivity index (χ1n) is 11.9. The molecule has 0 unspecified atom stereocenters. The van der Waals surface area contributed by atoms with Crippen molar-refractivity contribution < 1.29 is 31.1 Å². The summed E-state index contributed by atoms with van der Waals surface area (Å²) in [6, 6.07) is 3.08. The van der Waals surface area contributed by atoms with E-state index in [9.17, 15) is 26.3 Å². The minimum atomic E-state index is -4.59. The van der Waals surface area contributed by atoms with Crippen molar-refractivity contribution in [3.8, 4) is 5.75 Å². The van der Waals surface area contributed by atoms with Gasteiger partial charge in [0, 0.05) is 12.3 Å². The summed E-state index contributed by atoms with van der Waals surface area (Å²) in [6.07, 6.45) is 4.88. The molecule has 2 aliphatic carbocycles. The van der Waals surface area contributed by atoms with E-state index in [0.717, 1.165) is 30.9 Å². The second-order valence-electron chi connectivity index (χ2n) is 9.79. The molecule has 0 bridgehead atoms. The SMILES string of the molecule is CCCC1CCC(C2CCC(C(F)(F)Cc3ccc(OCC(F)(F)F)c(F)c3)CC2)CC1. The lowest BCUT2D eigenvalue weighted by Crippen LogP contribution is -2.35. The summed E-state index contributed by atoms with van der Waals surface area (Å²) >= 11 is 0. The summed E-state index contributed by atoms with van der Waals surface area (Å²) in [5.41, 5.74) is 0.0724. The van der Waals surface area contributed by atoms with Gasteiger partial charge in [-0.25, -0.2) is 13.2 Å². The topological polar surface area (TPSA) is 9.23 Å². The molecule has 0 saturated heterocycles. The summed E-state index contributed by atoms with van der Waals surface area (Å²) in [4.78, 5) is 0. The Hall–Kier alpha value is -1.40. The Morgan fingerprint density at radius 2 is 1.47 bits per heavy atom. The molecule has 0 aromatic heterocycles. The third-order valence-electron chi connectivity index (χ3n) is 7.45. The van der Waals surface area contributed by atoms with Crippen LogP contribution in [0.2, 0.25) is 0 Å². The fourth-order valence-corrected chi connectivity index (χ4v) is 5.72. The number of hydrogen-bond donors (Lipinski definition) is 0. The Balaban J connectivity index is 1.49. The predicted octanol–water partition coefficient (Wildman–Crippen LogP) is 8.36. The lowest BCUT2D eigenvalue weighted by Gasteiger charge is -2.39. The van der Waals surface area contributed by atoms with Crippen LogP contribution < -0.4 is 4.74 Å². The molecular weight excluding hydrogens is 430 g/mol. The zero-order valence-corrected chi connectivity index (χ0v) is 18.7. The first kappa shape index (κ1) is 25.2. The van der Waals surface area contributed by atoms with Crippen LogP contribution in [0, 0.1) is 29.5 Å². The highest BCUT2D eigenvalue weighted by Crippen LogP contribution is 2.46. The molecule has 0 radical (unpaired) electrons.